The van der Waals surface area contributed by atoms with Gasteiger partial charge in [-0.05, 0) is 48.2 Å². The first-order valence-corrected chi connectivity index (χ1v) is 8.49. The summed E-state index contributed by atoms with van der Waals surface area (Å²) in [4.78, 5) is 1.22. The molecule has 3 rings (SSSR count). The van der Waals surface area contributed by atoms with E-state index in [1.807, 2.05) is 36.0 Å². The van der Waals surface area contributed by atoms with E-state index >= 15 is 0 Å². The van der Waals surface area contributed by atoms with Gasteiger partial charge >= 0.3 is 0 Å². The summed E-state index contributed by atoms with van der Waals surface area (Å²) in [6.07, 6.45) is 1.64. The van der Waals surface area contributed by atoms with Crippen molar-refractivity contribution in [3.8, 4) is 17.6 Å². The number of fused-ring (bicyclic) bond motifs is 1. The molecule has 2 unspecified atom stereocenters. The fourth-order valence-electron chi connectivity index (χ4n) is 3.02. The molecular weight excluding hydrogens is 306 g/mol. The summed E-state index contributed by atoms with van der Waals surface area (Å²) in [6.45, 7) is 0. The van der Waals surface area contributed by atoms with E-state index in [0.717, 1.165) is 24.3 Å². The van der Waals surface area contributed by atoms with Crippen molar-refractivity contribution in [2.75, 3.05) is 14.2 Å². The van der Waals surface area contributed by atoms with E-state index < -0.39 is 0 Å². The third-order valence-corrected chi connectivity index (χ3v) is 5.44. The molecule has 2 aromatic carbocycles. The third kappa shape index (κ3) is 3.30. The molecule has 0 aliphatic heterocycles. The number of thioether (sulfide) groups is 1. The summed E-state index contributed by atoms with van der Waals surface area (Å²) in [5.41, 5.74) is 2.44. The predicted molar refractivity (Wildman–Crippen MR) is 92.0 cm³/mol. The number of nitrogens with zero attached hydrogens (tertiary/aromatic N) is 1. The van der Waals surface area contributed by atoms with Crippen molar-refractivity contribution in [3.63, 3.8) is 0 Å². The van der Waals surface area contributed by atoms with Crippen LogP contribution in [0.2, 0.25) is 0 Å². The Morgan fingerprint density at radius 1 is 1.09 bits per heavy atom. The topological polar surface area (TPSA) is 42.2 Å². The second-order valence-corrected chi connectivity index (χ2v) is 6.87. The SMILES string of the molecule is COc1cc2c(cc1OC)C(Sc1ccccc1)CC(C#N)C2. The van der Waals surface area contributed by atoms with Crippen molar-refractivity contribution in [1.29, 1.82) is 5.26 Å². The summed E-state index contributed by atoms with van der Waals surface area (Å²) in [5.74, 6) is 1.52. The molecule has 118 valence electrons. The van der Waals surface area contributed by atoms with Gasteiger partial charge in [-0.15, -0.1) is 11.8 Å². The molecule has 0 aromatic heterocycles. The van der Waals surface area contributed by atoms with Gasteiger partial charge in [0.15, 0.2) is 11.5 Å². The van der Waals surface area contributed by atoms with Crippen molar-refractivity contribution in [1.82, 2.24) is 0 Å². The van der Waals surface area contributed by atoms with Crippen LogP contribution in [0, 0.1) is 17.2 Å². The van der Waals surface area contributed by atoms with Crippen molar-refractivity contribution in [2.24, 2.45) is 5.92 Å². The molecule has 0 heterocycles. The summed E-state index contributed by atoms with van der Waals surface area (Å²) in [5, 5.41) is 9.67. The normalized spacial score (nSPS) is 19.5. The van der Waals surface area contributed by atoms with Crippen molar-refractivity contribution < 1.29 is 9.47 Å². The zero-order valence-corrected chi connectivity index (χ0v) is 14.1. The monoisotopic (exact) mass is 325 g/mol. The Bertz CT molecular complexity index is 724. The standard InChI is InChI=1S/C19H19NO2S/c1-21-17-10-14-8-13(12-20)9-19(16(14)11-18(17)22-2)23-15-6-4-3-5-7-15/h3-7,10-11,13,19H,8-9H2,1-2H3. The fraction of sp³-hybridized carbons (Fsp3) is 0.316. The van der Waals surface area contributed by atoms with Gasteiger partial charge in [0.1, 0.15) is 0 Å². The van der Waals surface area contributed by atoms with Gasteiger partial charge in [-0.1, -0.05) is 18.2 Å². The molecule has 0 bridgehead atoms. The number of benzene rings is 2. The predicted octanol–water partition coefficient (Wildman–Crippen LogP) is 4.62. The summed E-state index contributed by atoms with van der Waals surface area (Å²) in [6, 6.07) is 16.9. The molecule has 0 fully saturated rings. The lowest BCUT2D eigenvalue weighted by molar-refractivity contribution is 0.353. The molecule has 0 radical (unpaired) electrons. The minimum absolute atomic E-state index is 0.0433. The fourth-order valence-corrected chi connectivity index (χ4v) is 4.34. The Morgan fingerprint density at radius 3 is 2.43 bits per heavy atom. The molecule has 1 aliphatic rings. The zero-order chi connectivity index (χ0) is 16.2. The third-order valence-electron chi connectivity index (χ3n) is 4.16. The van der Waals surface area contributed by atoms with Crippen LogP contribution in [0.1, 0.15) is 22.8 Å². The Kier molecular flexibility index (Phi) is 4.78. The van der Waals surface area contributed by atoms with E-state index in [0.29, 0.717) is 0 Å². The van der Waals surface area contributed by atoms with Crippen LogP contribution in [0.15, 0.2) is 47.4 Å². The maximum atomic E-state index is 9.41. The lowest BCUT2D eigenvalue weighted by Crippen LogP contribution is -2.16. The minimum atomic E-state index is 0.0433. The highest BCUT2D eigenvalue weighted by molar-refractivity contribution is 7.99. The Morgan fingerprint density at radius 2 is 1.78 bits per heavy atom. The Hall–Kier alpha value is -2.12. The van der Waals surface area contributed by atoms with Crippen molar-refractivity contribution in [3.05, 3.63) is 53.6 Å². The average Bonchev–Trinajstić information content (AvgIpc) is 2.61. The molecule has 1 aliphatic carbocycles. The van der Waals surface area contributed by atoms with Crippen LogP contribution in [-0.2, 0) is 6.42 Å². The number of hydrogen-bond donors (Lipinski definition) is 0. The molecule has 3 nitrogen and oxygen atoms in total. The highest BCUT2D eigenvalue weighted by Gasteiger charge is 2.29. The molecule has 4 heteroatoms. The highest BCUT2D eigenvalue weighted by Crippen LogP contribution is 2.47. The first-order valence-electron chi connectivity index (χ1n) is 7.61. The molecule has 0 saturated heterocycles. The molecule has 0 amide bonds. The maximum absolute atomic E-state index is 9.41. The highest BCUT2D eigenvalue weighted by atomic mass is 32.2. The van der Waals surface area contributed by atoms with Gasteiger partial charge in [0.25, 0.3) is 0 Å². The minimum Gasteiger partial charge on any atom is -0.493 e. The van der Waals surface area contributed by atoms with Crippen LogP contribution < -0.4 is 9.47 Å². The van der Waals surface area contributed by atoms with Gasteiger partial charge in [0.05, 0.1) is 26.2 Å². The van der Waals surface area contributed by atoms with Gasteiger partial charge in [-0.3, -0.25) is 0 Å². The van der Waals surface area contributed by atoms with Gasteiger partial charge in [-0.2, -0.15) is 5.26 Å². The molecule has 2 atom stereocenters. The van der Waals surface area contributed by atoms with Crippen molar-refractivity contribution in [2.45, 2.75) is 23.0 Å². The van der Waals surface area contributed by atoms with Gasteiger partial charge in [0, 0.05) is 10.1 Å². The van der Waals surface area contributed by atoms with Gasteiger partial charge in [-0.25, -0.2) is 0 Å². The molecule has 0 spiro atoms. The molecule has 23 heavy (non-hydrogen) atoms. The summed E-state index contributed by atoms with van der Waals surface area (Å²) < 4.78 is 10.9. The van der Waals surface area contributed by atoms with E-state index in [2.05, 4.69) is 24.3 Å². The van der Waals surface area contributed by atoms with Crippen LogP contribution in [-0.4, -0.2) is 14.2 Å². The summed E-state index contributed by atoms with van der Waals surface area (Å²) in [7, 11) is 3.30. The quantitative estimate of drug-likeness (QED) is 0.822. The molecular formula is C19H19NO2S. The first-order chi connectivity index (χ1) is 11.2. The second-order valence-electron chi connectivity index (χ2n) is 5.59. The Labute approximate surface area is 141 Å². The van der Waals surface area contributed by atoms with Crippen LogP contribution in [0.5, 0.6) is 11.5 Å². The maximum Gasteiger partial charge on any atom is 0.161 e. The van der Waals surface area contributed by atoms with E-state index in [1.165, 1.54) is 16.0 Å². The lowest BCUT2D eigenvalue weighted by atomic mass is 9.84. The van der Waals surface area contributed by atoms with Gasteiger partial charge < -0.3 is 9.47 Å². The smallest absolute Gasteiger partial charge is 0.161 e. The number of nitriles is 1. The second kappa shape index (κ2) is 6.97. The first kappa shape index (κ1) is 15.8. The lowest BCUT2D eigenvalue weighted by Gasteiger charge is -2.29. The molecule has 0 saturated carbocycles. The largest absolute Gasteiger partial charge is 0.493 e. The van der Waals surface area contributed by atoms with Crippen LogP contribution in [0.3, 0.4) is 0 Å². The zero-order valence-electron chi connectivity index (χ0n) is 13.3. The number of rotatable bonds is 4. The van der Waals surface area contributed by atoms with Crippen LogP contribution in [0.4, 0.5) is 0 Å². The van der Waals surface area contributed by atoms with E-state index in [-0.39, 0.29) is 11.2 Å². The Balaban J connectivity index is 2.00. The van der Waals surface area contributed by atoms with E-state index in [4.69, 9.17) is 9.47 Å². The van der Waals surface area contributed by atoms with E-state index in [9.17, 15) is 5.26 Å². The van der Waals surface area contributed by atoms with Crippen LogP contribution >= 0.6 is 11.8 Å². The van der Waals surface area contributed by atoms with Gasteiger partial charge in [0.2, 0.25) is 0 Å². The van der Waals surface area contributed by atoms with Crippen LogP contribution in [0.25, 0.3) is 0 Å². The average molecular weight is 325 g/mol. The summed E-state index contributed by atoms with van der Waals surface area (Å²) >= 11 is 1.81. The van der Waals surface area contributed by atoms with E-state index in [1.54, 1.807) is 14.2 Å². The van der Waals surface area contributed by atoms with Crippen molar-refractivity contribution >= 4 is 11.8 Å². The molecule has 2 aromatic rings. The number of hydrogen-bond acceptors (Lipinski definition) is 4. The number of methoxy groups -OCH3 is 2. The molecule has 0 N–H and O–H groups in total. The number of ether oxygens (including phenoxy) is 2.